The highest BCUT2D eigenvalue weighted by Gasteiger charge is 2.18. The highest BCUT2D eigenvalue weighted by Crippen LogP contribution is 2.22. The van der Waals surface area contributed by atoms with Crippen LogP contribution in [0, 0.1) is 13.8 Å². The second-order valence-electron chi connectivity index (χ2n) is 7.13. The lowest BCUT2D eigenvalue weighted by Gasteiger charge is -2.08. The average molecular weight is 438 g/mol. The topological polar surface area (TPSA) is 88.0 Å². The van der Waals surface area contributed by atoms with Crippen molar-refractivity contribution < 1.29 is 13.9 Å². The lowest BCUT2D eigenvalue weighted by molar-refractivity contribution is 0.102. The molecule has 31 heavy (non-hydrogen) atoms. The van der Waals surface area contributed by atoms with Gasteiger partial charge in [-0.2, -0.15) is 0 Å². The summed E-state index contributed by atoms with van der Waals surface area (Å²) in [6.45, 7) is 5.08. The predicted octanol–water partition coefficient (Wildman–Crippen LogP) is 3.76. The van der Waals surface area contributed by atoms with E-state index in [0.29, 0.717) is 23.8 Å². The van der Waals surface area contributed by atoms with Crippen LogP contribution in [0.1, 0.15) is 33.1 Å². The van der Waals surface area contributed by atoms with Crippen molar-refractivity contribution in [3.63, 3.8) is 0 Å². The highest BCUT2D eigenvalue weighted by molar-refractivity contribution is 7.99. The van der Waals surface area contributed by atoms with E-state index in [1.54, 1.807) is 18.1 Å². The SMILES string of the molecule is COc1ccc(Cn2nnnc2SCC(=O)c2cc(C)n(Cc3ccco3)c2C)cc1. The first-order valence-electron chi connectivity index (χ1n) is 9.79. The fourth-order valence-corrected chi connectivity index (χ4v) is 4.16. The Morgan fingerprint density at radius 2 is 1.97 bits per heavy atom. The number of benzene rings is 1. The standard InChI is InChI=1S/C22H23N5O3S/c1-15-11-20(16(2)26(15)13-19-5-4-10-30-19)21(28)14-31-22-23-24-25-27(22)12-17-6-8-18(29-3)9-7-17/h4-11H,12-14H2,1-3H3. The van der Waals surface area contributed by atoms with E-state index in [2.05, 4.69) is 20.1 Å². The number of hydrogen-bond acceptors (Lipinski definition) is 7. The highest BCUT2D eigenvalue weighted by atomic mass is 32.2. The minimum atomic E-state index is 0.0443. The summed E-state index contributed by atoms with van der Waals surface area (Å²) in [5, 5.41) is 12.5. The van der Waals surface area contributed by atoms with Gasteiger partial charge in [-0.05, 0) is 60.2 Å². The number of Topliss-reactive ketones (excluding diaryl/α,β-unsaturated/α-hetero) is 1. The molecule has 0 aliphatic carbocycles. The Kier molecular flexibility index (Phi) is 6.22. The van der Waals surface area contributed by atoms with Gasteiger partial charge in [-0.15, -0.1) is 5.10 Å². The monoisotopic (exact) mass is 437 g/mol. The zero-order chi connectivity index (χ0) is 21.8. The number of hydrogen-bond donors (Lipinski definition) is 0. The molecule has 4 rings (SSSR count). The lowest BCUT2D eigenvalue weighted by Crippen LogP contribution is -2.09. The lowest BCUT2D eigenvalue weighted by atomic mass is 10.2. The molecule has 0 aliphatic heterocycles. The van der Waals surface area contributed by atoms with Gasteiger partial charge in [-0.25, -0.2) is 4.68 Å². The predicted molar refractivity (Wildman–Crippen MR) is 117 cm³/mol. The summed E-state index contributed by atoms with van der Waals surface area (Å²) in [5.41, 5.74) is 3.71. The molecular weight excluding hydrogens is 414 g/mol. The van der Waals surface area contributed by atoms with Crippen molar-refractivity contribution in [2.24, 2.45) is 0 Å². The van der Waals surface area contributed by atoms with Gasteiger partial charge in [-0.3, -0.25) is 4.79 Å². The first kappa shape index (κ1) is 20.9. The molecule has 0 saturated heterocycles. The van der Waals surface area contributed by atoms with Gasteiger partial charge >= 0.3 is 0 Å². The number of carbonyl (C=O) groups excluding carboxylic acids is 1. The molecule has 160 valence electrons. The van der Waals surface area contributed by atoms with Gasteiger partial charge in [0.1, 0.15) is 11.5 Å². The number of furan rings is 1. The van der Waals surface area contributed by atoms with Crippen LogP contribution in [0.3, 0.4) is 0 Å². The van der Waals surface area contributed by atoms with Crippen molar-refractivity contribution >= 4 is 17.5 Å². The van der Waals surface area contributed by atoms with Gasteiger partial charge in [0.15, 0.2) is 5.78 Å². The molecular formula is C22H23N5O3S. The van der Waals surface area contributed by atoms with E-state index >= 15 is 0 Å². The zero-order valence-corrected chi connectivity index (χ0v) is 18.4. The van der Waals surface area contributed by atoms with E-state index in [4.69, 9.17) is 9.15 Å². The second-order valence-corrected chi connectivity index (χ2v) is 8.07. The van der Waals surface area contributed by atoms with Crippen LogP contribution in [0.25, 0.3) is 0 Å². The van der Waals surface area contributed by atoms with Crippen LogP contribution >= 0.6 is 11.8 Å². The molecule has 0 saturated carbocycles. The summed E-state index contributed by atoms with van der Waals surface area (Å²) < 4.78 is 14.4. The van der Waals surface area contributed by atoms with Crippen LogP contribution in [0.4, 0.5) is 0 Å². The number of aromatic nitrogens is 5. The molecule has 0 aliphatic rings. The van der Waals surface area contributed by atoms with Gasteiger partial charge < -0.3 is 13.7 Å². The number of ketones is 1. The fraction of sp³-hybridized carbons (Fsp3) is 0.273. The second kappa shape index (κ2) is 9.22. The summed E-state index contributed by atoms with van der Waals surface area (Å²) in [4.78, 5) is 12.9. The molecule has 0 N–H and O–H groups in total. The molecule has 3 heterocycles. The number of aryl methyl sites for hydroxylation is 1. The van der Waals surface area contributed by atoms with E-state index < -0.39 is 0 Å². The molecule has 9 heteroatoms. The number of thioether (sulfide) groups is 1. The van der Waals surface area contributed by atoms with Gasteiger partial charge in [0.25, 0.3) is 0 Å². The Morgan fingerprint density at radius 3 is 2.68 bits per heavy atom. The molecule has 0 fully saturated rings. The van der Waals surface area contributed by atoms with Crippen molar-refractivity contribution in [3.05, 3.63) is 77.0 Å². The molecule has 4 aromatic rings. The number of methoxy groups -OCH3 is 1. The number of carbonyl (C=O) groups is 1. The molecule has 0 spiro atoms. The summed E-state index contributed by atoms with van der Waals surface area (Å²) in [7, 11) is 1.64. The molecule has 8 nitrogen and oxygen atoms in total. The van der Waals surface area contributed by atoms with Crippen LogP contribution in [0.15, 0.2) is 58.3 Å². The minimum absolute atomic E-state index is 0.0443. The summed E-state index contributed by atoms with van der Waals surface area (Å²) in [6, 6.07) is 13.5. The van der Waals surface area contributed by atoms with E-state index in [9.17, 15) is 4.79 Å². The van der Waals surface area contributed by atoms with E-state index in [1.165, 1.54) is 11.8 Å². The maximum atomic E-state index is 12.9. The number of tetrazole rings is 1. The summed E-state index contributed by atoms with van der Waals surface area (Å²) in [5.74, 6) is 1.95. The third kappa shape index (κ3) is 4.72. The van der Waals surface area contributed by atoms with Crippen LogP contribution in [0.5, 0.6) is 5.75 Å². The van der Waals surface area contributed by atoms with Crippen LogP contribution in [0.2, 0.25) is 0 Å². The quantitative estimate of drug-likeness (QED) is 0.291. The molecule has 3 aromatic heterocycles. The maximum Gasteiger partial charge on any atom is 0.210 e. The molecule has 1 aromatic carbocycles. The van der Waals surface area contributed by atoms with Crippen LogP contribution < -0.4 is 4.74 Å². The van der Waals surface area contributed by atoms with Gasteiger partial charge in [0.2, 0.25) is 5.16 Å². The van der Waals surface area contributed by atoms with Crippen molar-refractivity contribution in [2.75, 3.05) is 12.9 Å². The maximum absolute atomic E-state index is 12.9. The zero-order valence-electron chi connectivity index (χ0n) is 17.6. The fourth-order valence-electron chi connectivity index (χ4n) is 3.40. The van der Waals surface area contributed by atoms with Crippen molar-refractivity contribution in [2.45, 2.75) is 32.1 Å². The average Bonchev–Trinajstić information content (AvgIpc) is 3.51. The number of rotatable bonds is 9. The third-order valence-corrected chi connectivity index (χ3v) is 6.05. The Hall–Kier alpha value is -3.33. The number of ether oxygens (including phenoxy) is 1. The Labute approximate surface area is 184 Å². The van der Waals surface area contributed by atoms with Crippen LogP contribution in [-0.2, 0) is 13.1 Å². The molecule has 0 atom stereocenters. The van der Waals surface area contributed by atoms with Gasteiger partial charge in [-0.1, -0.05) is 23.9 Å². The third-order valence-electron chi connectivity index (χ3n) is 5.09. The van der Waals surface area contributed by atoms with E-state index in [1.807, 2.05) is 56.3 Å². The van der Waals surface area contributed by atoms with Crippen molar-refractivity contribution in [1.29, 1.82) is 0 Å². The first-order valence-corrected chi connectivity index (χ1v) is 10.8. The molecule has 0 amide bonds. The summed E-state index contributed by atoms with van der Waals surface area (Å²) >= 11 is 1.34. The molecule has 0 radical (unpaired) electrons. The van der Waals surface area contributed by atoms with Gasteiger partial charge in [0.05, 0.1) is 32.2 Å². The minimum Gasteiger partial charge on any atom is -0.497 e. The smallest absolute Gasteiger partial charge is 0.210 e. The number of nitrogens with zero attached hydrogens (tertiary/aromatic N) is 5. The largest absolute Gasteiger partial charge is 0.497 e. The first-order chi connectivity index (χ1) is 15.0. The molecule has 0 unspecified atom stereocenters. The van der Waals surface area contributed by atoms with E-state index in [-0.39, 0.29) is 11.5 Å². The Morgan fingerprint density at radius 1 is 1.16 bits per heavy atom. The van der Waals surface area contributed by atoms with E-state index in [0.717, 1.165) is 28.5 Å². The van der Waals surface area contributed by atoms with Crippen molar-refractivity contribution in [3.8, 4) is 5.75 Å². The Balaban J connectivity index is 1.42. The van der Waals surface area contributed by atoms with Gasteiger partial charge in [0, 0.05) is 17.0 Å². The summed E-state index contributed by atoms with van der Waals surface area (Å²) in [6.07, 6.45) is 1.66. The normalized spacial score (nSPS) is 11.1. The van der Waals surface area contributed by atoms with Crippen LogP contribution in [-0.4, -0.2) is 43.4 Å². The van der Waals surface area contributed by atoms with Crippen molar-refractivity contribution in [1.82, 2.24) is 24.8 Å². The molecule has 0 bridgehead atoms. The Bertz CT molecular complexity index is 1160.